The summed E-state index contributed by atoms with van der Waals surface area (Å²) in [5.74, 6) is 0.0607. The molecule has 0 saturated heterocycles. The van der Waals surface area contributed by atoms with Gasteiger partial charge in [0.25, 0.3) is 0 Å². The Bertz CT molecular complexity index is 578. The predicted molar refractivity (Wildman–Crippen MR) is 82.8 cm³/mol. The molecule has 0 spiro atoms. The highest BCUT2D eigenvalue weighted by Gasteiger charge is 2.02. The Morgan fingerprint density at radius 1 is 1.10 bits per heavy atom. The fourth-order valence-electron chi connectivity index (χ4n) is 1.95. The maximum absolute atomic E-state index is 11.8. The summed E-state index contributed by atoms with van der Waals surface area (Å²) in [6, 6.07) is 15.8. The van der Waals surface area contributed by atoms with Crippen LogP contribution >= 0.6 is 11.6 Å². The van der Waals surface area contributed by atoms with Gasteiger partial charge in [-0.1, -0.05) is 53.6 Å². The summed E-state index contributed by atoms with van der Waals surface area (Å²) in [7, 11) is 0. The minimum atomic E-state index is 0.0607. The van der Waals surface area contributed by atoms with Crippen LogP contribution in [-0.2, 0) is 17.8 Å². The minimum Gasteiger partial charge on any atom is -0.352 e. The molecule has 1 N–H and O–H groups in total. The van der Waals surface area contributed by atoms with Crippen molar-refractivity contribution >= 4 is 17.5 Å². The Hall–Kier alpha value is -1.80. The Labute approximate surface area is 124 Å². The van der Waals surface area contributed by atoms with Crippen molar-refractivity contribution in [3.05, 3.63) is 70.2 Å². The van der Waals surface area contributed by atoms with E-state index in [-0.39, 0.29) is 5.91 Å². The second-order valence-corrected chi connectivity index (χ2v) is 5.33. The smallest absolute Gasteiger partial charge is 0.220 e. The Kier molecular flexibility index (Phi) is 5.19. The lowest BCUT2D eigenvalue weighted by atomic mass is 10.1. The zero-order chi connectivity index (χ0) is 14.4. The third-order valence-corrected chi connectivity index (χ3v) is 3.38. The molecule has 0 radical (unpaired) electrons. The van der Waals surface area contributed by atoms with E-state index >= 15 is 0 Å². The molecule has 0 saturated carbocycles. The zero-order valence-electron chi connectivity index (χ0n) is 11.5. The molecule has 20 heavy (non-hydrogen) atoms. The average molecular weight is 288 g/mol. The van der Waals surface area contributed by atoms with E-state index in [9.17, 15) is 4.79 Å². The predicted octanol–water partition coefficient (Wildman–Crippen LogP) is 3.90. The van der Waals surface area contributed by atoms with Crippen LogP contribution in [0.25, 0.3) is 0 Å². The standard InChI is InChI=1S/C17H18ClNO/c1-13-5-7-14(8-6-13)9-10-17(20)19-12-15-3-2-4-16(18)11-15/h2-8,11H,9-10,12H2,1H3,(H,19,20). The first kappa shape index (κ1) is 14.6. The van der Waals surface area contributed by atoms with Crippen molar-refractivity contribution in [2.24, 2.45) is 0 Å². The maximum atomic E-state index is 11.8. The molecule has 0 atom stereocenters. The van der Waals surface area contributed by atoms with E-state index in [2.05, 4.69) is 36.5 Å². The molecule has 0 bridgehead atoms. The van der Waals surface area contributed by atoms with Crippen molar-refractivity contribution in [2.45, 2.75) is 26.3 Å². The molecule has 2 aromatic carbocycles. The summed E-state index contributed by atoms with van der Waals surface area (Å²) in [5.41, 5.74) is 3.44. The van der Waals surface area contributed by atoms with Gasteiger partial charge in [-0.2, -0.15) is 0 Å². The molecule has 0 aromatic heterocycles. The third-order valence-electron chi connectivity index (χ3n) is 3.14. The van der Waals surface area contributed by atoms with Crippen LogP contribution in [0.1, 0.15) is 23.1 Å². The van der Waals surface area contributed by atoms with Crippen LogP contribution in [0.4, 0.5) is 0 Å². The highest BCUT2D eigenvalue weighted by Crippen LogP contribution is 2.10. The summed E-state index contributed by atoms with van der Waals surface area (Å²) in [6.45, 7) is 2.58. The number of amides is 1. The van der Waals surface area contributed by atoms with Gasteiger partial charge in [-0.05, 0) is 36.6 Å². The first-order valence-electron chi connectivity index (χ1n) is 6.70. The minimum absolute atomic E-state index is 0.0607. The van der Waals surface area contributed by atoms with Crippen molar-refractivity contribution in [1.82, 2.24) is 5.32 Å². The van der Waals surface area contributed by atoms with Gasteiger partial charge in [0, 0.05) is 18.0 Å². The number of nitrogens with one attached hydrogen (secondary N) is 1. The number of benzene rings is 2. The van der Waals surface area contributed by atoms with Crippen LogP contribution in [-0.4, -0.2) is 5.91 Å². The molecule has 0 aliphatic carbocycles. The summed E-state index contributed by atoms with van der Waals surface area (Å²) in [5, 5.41) is 3.60. The summed E-state index contributed by atoms with van der Waals surface area (Å²) < 4.78 is 0. The van der Waals surface area contributed by atoms with Gasteiger partial charge >= 0.3 is 0 Å². The van der Waals surface area contributed by atoms with Gasteiger partial charge in [-0.3, -0.25) is 4.79 Å². The number of carbonyl (C=O) groups excluding carboxylic acids is 1. The number of halogens is 1. The van der Waals surface area contributed by atoms with Crippen LogP contribution in [0.15, 0.2) is 48.5 Å². The second kappa shape index (κ2) is 7.11. The van der Waals surface area contributed by atoms with E-state index in [1.54, 1.807) is 0 Å². The normalized spacial score (nSPS) is 10.3. The van der Waals surface area contributed by atoms with Crippen molar-refractivity contribution in [3.8, 4) is 0 Å². The van der Waals surface area contributed by atoms with E-state index in [4.69, 9.17) is 11.6 Å². The van der Waals surface area contributed by atoms with E-state index < -0.39 is 0 Å². The molecule has 3 heteroatoms. The molecule has 2 aromatic rings. The number of hydrogen-bond donors (Lipinski definition) is 1. The van der Waals surface area contributed by atoms with Crippen molar-refractivity contribution in [1.29, 1.82) is 0 Å². The number of hydrogen-bond acceptors (Lipinski definition) is 1. The van der Waals surface area contributed by atoms with Crippen LogP contribution < -0.4 is 5.32 Å². The zero-order valence-corrected chi connectivity index (χ0v) is 12.3. The molecule has 2 rings (SSSR count). The van der Waals surface area contributed by atoms with Gasteiger partial charge in [-0.15, -0.1) is 0 Å². The molecule has 1 amide bonds. The Morgan fingerprint density at radius 3 is 2.55 bits per heavy atom. The SMILES string of the molecule is Cc1ccc(CCC(=O)NCc2cccc(Cl)c2)cc1. The lowest BCUT2D eigenvalue weighted by Crippen LogP contribution is -2.22. The van der Waals surface area contributed by atoms with Crippen LogP contribution in [0.2, 0.25) is 5.02 Å². The highest BCUT2D eigenvalue weighted by atomic mass is 35.5. The molecular formula is C17H18ClNO. The fraction of sp³-hybridized carbons (Fsp3) is 0.235. The number of aryl methyl sites for hydroxylation is 2. The van der Waals surface area contributed by atoms with Crippen LogP contribution in [0, 0.1) is 6.92 Å². The van der Waals surface area contributed by atoms with E-state index in [1.807, 2.05) is 24.3 Å². The average Bonchev–Trinajstić information content (AvgIpc) is 2.45. The molecule has 0 unspecified atom stereocenters. The fourth-order valence-corrected chi connectivity index (χ4v) is 2.16. The summed E-state index contributed by atoms with van der Waals surface area (Å²) in [6.07, 6.45) is 1.27. The Balaban J connectivity index is 1.77. The molecule has 104 valence electrons. The van der Waals surface area contributed by atoms with Gasteiger partial charge < -0.3 is 5.32 Å². The summed E-state index contributed by atoms with van der Waals surface area (Å²) >= 11 is 5.90. The molecule has 0 heterocycles. The lowest BCUT2D eigenvalue weighted by Gasteiger charge is -2.06. The number of rotatable bonds is 5. The molecule has 0 aliphatic rings. The number of carbonyl (C=O) groups is 1. The van der Waals surface area contributed by atoms with E-state index in [0.29, 0.717) is 18.0 Å². The molecular weight excluding hydrogens is 270 g/mol. The quantitative estimate of drug-likeness (QED) is 0.888. The van der Waals surface area contributed by atoms with Gasteiger partial charge in [0.1, 0.15) is 0 Å². The first-order valence-corrected chi connectivity index (χ1v) is 7.08. The van der Waals surface area contributed by atoms with Crippen molar-refractivity contribution in [3.63, 3.8) is 0 Å². The van der Waals surface area contributed by atoms with Crippen LogP contribution in [0.3, 0.4) is 0 Å². The van der Waals surface area contributed by atoms with Gasteiger partial charge in [0.2, 0.25) is 5.91 Å². The van der Waals surface area contributed by atoms with E-state index in [1.165, 1.54) is 11.1 Å². The highest BCUT2D eigenvalue weighted by molar-refractivity contribution is 6.30. The van der Waals surface area contributed by atoms with Crippen LogP contribution in [0.5, 0.6) is 0 Å². The van der Waals surface area contributed by atoms with E-state index in [0.717, 1.165) is 12.0 Å². The molecule has 0 aliphatic heterocycles. The first-order chi connectivity index (χ1) is 9.63. The van der Waals surface area contributed by atoms with Crippen molar-refractivity contribution in [2.75, 3.05) is 0 Å². The van der Waals surface area contributed by atoms with Gasteiger partial charge in [-0.25, -0.2) is 0 Å². The maximum Gasteiger partial charge on any atom is 0.220 e. The van der Waals surface area contributed by atoms with Gasteiger partial charge in [0.05, 0.1) is 0 Å². The molecule has 2 nitrogen and oxygen atoms in total. The third kappa shape index (κ3) is 4.71. The largest absolute Gasteiger partial charge is 0.352 e. The topological polar surface area (TPSA) is 29.1 Å². The van der Waals surface area contributed by atoms with Gasteiger partial charge in [0.15, 0.2) is 0 Å². The second-order valence-electron chi connectivity index (χ2n) is 4.89. The van der Waals surface area contributed by atoms with Crippen molar-refractivity contribution < 1.29 is 4.79 Å². The molecule has 0 fully saturated rings. The summed E-state index contributed by atoms with van der Waals surface area (Å²) in [4.78, 5) is 11.8. The Morgan fingerprint density at radius 2 is 1.85 bits per heavy atom. The lowest BCUT2D eigenvalue weighted by molar-refractivity contribution is -0.121. The monoisotopic (exact) mass is 287 g/mol.